The van der Waals surface area contributed by atoms with Crippen molar-refractivity contribution in [3.8, 4) is 0 Å². The number of thiazole rings is 1. The number of hydrogen-bond donors (Lipinski definition) is 1. The molecule has 0 aliphatic heterocycles. The van der Waals surface area contributed by atoms with Crippen molar-refractivity contribution in [3.63, 3.8) is 0 Å². The number of hydrogen-bond acceptors (Lipinski definition) is 5. The first-order chi connectivity index (χ1) is 12.1. The molecule has 0 aliphatic rings. The molecule has 3 rings (SSSR count). The molecule has 7 heteroatoms. The van der Waals surface area contributed by atoms with Crippen molar-refractivity contribution < 1.29 is 4.79 Å². The molecule has 130 valence electrons. The summed E-state index contributed by atoms with van der Waals surface area (Å²) in [5.41, 5.74) is 1.80. The lowest BCUT2D eigenvalue weighted by molar-refractivity contribution is -0.121. The van der Waals surface area contributed by atoms with E-state index >= 15 is 0 Å². The molecule has 1 aromatic carbocycles. The Balaban J connectivity index is 1.44. The molecule has 3 aromatic rings. The SMILES string of the molecule is C[C@@H](NC(=O)CCSCc1cc(=O)n2ccsc2n1)c1ccccc1. The molecule has 2 heterocycles. The molecule has 0 fully saturated rings. The van der Waals surface area contributed by atoms with Gasteiger partial charge < -0.3 is 5.32 Å². The van der Waals surface area contributed by atoms with Gasteiger partial charge in [0.2, 0.25) is 5.91 Å². The summed E-state index contributed by atoms with van der Waals surface area (Å²) in [6, 6.07) is 11.5. The smallest absolute Gasteiger partial charge is 0.258 e. The Morgan fingerprint density at radius 3 is 2.96 bits per heavy atom. The summed E-state index contributed by atoms with van der Waals surface area (Å²) < 4.78 is 1.54. The lowest BCUT2D eigenvalue weighted by atomic mass is 10.1. The van der Waals surface area contributed by atoms with E-state index in [-0.39, 0.29) is 17.5 Å². The van der Waals surface area contributed by atoms with Crippen LogP contribution in [-0.4, -0.2) is 21.0 Å². The van der Waals surface area contributed by atoms with Gasteiger partial charge in [-0.1, -0.05) is 30.3 Å². The topological polar surface area (TPSA) is 63.5 Å². The van der Waals surface area contributed by atoms with Crippen LogP contribution in [0, 0.1) is 0 Å². The van der Waals surface area contributed by atoms with Crippen molar-refractivity contribution in [1.82, 2.24) is 14.7 Å². The Kier molecular flexibility index (Phi) is 5.88. The zero-order chi connectivity index (χ0) is 17.6. The monoisotopic (exact) mass is 373 g/mol. The molecular formula is C18H19N3O2S2. The molecule has 0 saturated carbocycles. The molecule has 0 bridgehead atoms. The Morgan fingerprint density at radius 1 is 1.36 bits per heavy atom. The summed E-state index contributed by atoms with van der Waals surface area (Å²) in [4.78, 5) is 29.1. The van der Waals surface area contributed by atoms with Gasteiger partial charge in [-0.25, -0.2) is 4.98 Å². The highest BCUT2D eigenvalue weighted by Gasteiger charge is 2.09. The van der Waals surface area contributed by atoms with Crippen LogP contribution in [0.3, 0.4) is 0 Å². The lowest BCUT2D eigenvalue weighted by Crippen LogP contribution is -2.26. The zero-order valence-electron chi connectivity index (χ0n) is 13.8. The lowest BCUT2D eigenvalue weighted by Gasteiger charge is -2.14. The van der Waals surface area contributed by atoms with E-state index in [4.69, 9.17) is 0 Å². The summed E-state index contributed by atoms with van der Waals surface area (Å²) in [6.07, 6.45) is 2.17. The molecule has 0 aliphatic carbocycles. The van der Waals surface area contributed by atoms with Gasteiger partial charge in [0.25, 0.3) is 5.56 Å². The molecule has 25 heavy (non-hydrogen) atoms. The van der Waals surface area contributed by atoms with Gasteiger partial charge in [-0.15, -0.1) is 11.3 Å². The normalized spacial score (nSPS) is 12.2. The van der Waals surface area contributed by atoms with Gasteiger partial charge in [0.15, 0.2) is 4.96 Å². The first kappa shape index (κ1) is 17.7. The number of thioether (sulfide) groups is 1. The van der Waals surface area contributed by atoms with Crippen molar-refractivity contribution in [2.45, 2.75) is 25.1 Å². The summed E-state index contributed by atoms with van der Waals surface area (Å²) in [5.74, 6) is 1.36. The summed E-state index contributed by atoms with van der Waals surface area (Å²) in [5, 5.41) is 4.85. The summed E-state index contributed by atoms with van der Waals surface area (Å²) in [7, 11) is 0. The van der Waals surface area contributed by atoms with Crippen LogP contribution in [0.5, 0.6) is 0 Å². The Morgan fingerprint density at radius 2 is 2.16 bits per heavy atom. The van der Waals surface area contributed by atoms with Crippen LogP contribution in [0.25, 0.3) is 4.96 Å². The van der Waals surface area contributed by atoms with Crippen molar-refractivity contribution in [3.05, 3.63) is 69.6 Å². The van der Waals surface area contributed by atoms with Gasteiger partial charge in [0.05, 0.1) is 11.7 Å². The van der Waals surface area contributed by atoms with E-state index in [0.717, 1.165) is 11.3 Å². The molecular weight excluding hydrogens is 354 g/mol. The van der Waals surface area contributed by atoms with E-state index in [9.17, 15) is 9.59 Å². The average molecular weight is 374 g/mol. The molecule has 1 amide bonds. The maximum absolute atomic E-state index is 12.0. The maximum Gasteiger partial charge on any atom is 0.258 e. The number of nitrogens with one attached hydrogen (secondary N) is 1. The van der Waals surface area contributed by atoms with Crippen LogP contribution in [0.2, 0.25) is 0 Å². The highest BCUT2D eigenvalue weighted by atomic mass is 32.2. The zero-order valence-corrected chi connectivity index (χ0v) is 15.5. The molecule has 0 radical (unpaired) electrons. The molecule has 2 aromatic heterocycles. The number of benzene rings is 1. The second-order valence-corrected chi connectivity index (χ2v) is 7.62. The van der Waals surface area contributed by atoms with Crippen molar-refractivity contribution >= 4 is 34.0 Å². The quantitative estimate of drug-likeness (QED) is 0.646. The second-order valence-electron chi connectivity index (χ2n) is 5.64. The van der Waals surface area contributed by atoms with Crippen LogP contribution in [0.15, 0.2) is 52.8 Å². The summed E-state index contributed by atoms with van der Waals surface area (Å²) in [6.45, 7) is 1.98. The molecule has 1 atom stereocenters. The van der Waals surface area contributed by atoms with Gasteiger partial charge in [0, 0.05) is 35.6 Å². The third-order valence-corrected chi connectivity index (χ3v) is 5.51. The Labute approximate surface area is 154 Å². The minimum atomic E-state index is -0.0590. The predicted molar refractivity (Wildman–Crippen MR) is 103 cm³/mol. The van der Waals surface area contributed by atoms with Gasteiger partial charge in [-0.05, 0) is 12.5 Å². The minimum absolute atomic E-state index is 0.00153. The number of rotatable bonds is 7. The van der Waals surface area contributed by atoms with Crippen LogP contribution < -0.4 is 10.9 Å². The van der Waals surface area contributed by atoms with Gasteiger partial charge in [-0.2, -0.15) is 11.8 Å². The third-order valence-electron chi connectivity index (χ3n) is 3.76. The van der Waals surface area contributed by atoms with Crippen LogP contribution in [0.4, 0.5) is 0 Å². The Bertz CT molecular complexity index is 905. The van der Waals surface area contributed by atoms with Crippen molar-refractivity contribution in [2.24, 2.45) is 0 Å². The number of carbonyl (C=O) groups excluding carboxylic acids is 1. The number of nitrogens with zero attached hydrogens (tertiary/aromatic N) is 2. The van der Waals surface area contributed by atoms with Crippen LogP contribution in [0.1, 0.15) is 30.6 Å². The van der Waals surface area contributed by atoms with E-state index in [1.165, 1.54) is 15.7 Å². The van der Waals surface area contributed by atoms with Gasteiger partial charge in [-0.3, -0.25) is 14.0 Å². The molecule has 5 nitrogen and oxygen atoms in total. The van der Waals surface area contributed by atoms with E-state index in [2.05, 4.69) is 10.3 Å². The standard InChI is InChI=1S/C18H19N3O2S2/c1-13(14-5-3-2-4-6-14)19-16(22)7-9-24-12-15-11-17(23)21-8-10-25-18(21)20-15/h2-6,8,10-11,13H,7,9,12H2,1H3,(H,19,22)/t13-/m1/s1. The first-order valence-electron chi connectivity index (χ1n) is 8.01. The fourth-order valence-corrected chi connectivity index (χ4v) is 4.01. The van der Waals surface area contributed by atoms with E-state index in [0.29, 0.717) is 22.9 Å². The first-order valence-corrected chi connectivity index (χ1v) is 10.0. The van der Waals surface area contributed by atoms with Gasteiger partial charge >= 0.3 is 0 Å². The average Bonchev–Trinajstić information content (AvgIpc) is 3.09. The maximum atomic E-state index is 12.0. The van der Waals surface area contributed by atoms with E-state index in [1.54, 1.807) is 24.0 Å². The van der Waals surface area contributed by atoms with E-state index in [1.807, 2.05) is 42.6 Å². The van der Waals surface area contributed by atoms with Crippen molar-refractivity contribution in [2.75, 3.05) is 5.75 Å². The summed E-state index contributed by atoms with van der Waals surface area (Å²) >= 11 is 3.05. The largest absolute Gasteiger partial charge is 0.350 e. The minimum Gasteiger partial charge on any atom is -0.350 e. The van der Waals surface area contributed by atoms with E-state index < -0.39 is 0 Å². The molecule has 0 unspecified atom stereocenters. The highest BCUT2D eigenvalue weighted by Crippen LogP contribution is 2.14. The molecule has 0 spiro atoms. The molecule has 0 saturated heterocycles. The fourth-order valence-electron chi connectivity index (χ4n) is 2.44. The van der Waals surface area contributed by atoms with Crippen LogP contribution >= 0.6 is 23.1 Å². The third kappa shape index (κ3) is 4.70. The number of fused-ring (bicyclic) bond motifs is 1. The second kappa shape index (κ2) is 8.31. The Hall–Kier alpha value is -2.12. The fraction of sp³-hybridized carbons (Fsp3) is 0.278. The van der Waals surface area contributed by atoms with Crippen molar-refractivity contribution in [1.29, 1.82) is 0 Å². The number of carbonyl (C=O) groups is 1. The highest BCUT2D eigenvalue weighted by molar-refractivity contribution is 7.98. The van der Waals surface area contributed by atoms with Gasteiger partial charge in [0.1, 0.15) is 0 Å². The number of aromatic nitrogens is 2. The number of amides is 1. The molecule has 1 N–H and O–H groups in total. The van der Waals surface area contributed by atoms with Crippen LogP contribution in [-0.2, 0) is 10.5 Å². The predicted octanol–water partition coefficient (Wildman–Crippen LogP) is 3.26.